The molecule has 0 N–H and O–H groups in total. The van der Waals surface area contributed by atoms with Crippen molar-refractivity contribution >= 4 is 90.4 Å². The van der Waals surface area contributed by atoms with Crippen LogP contribution in [0.1, 0.15) is 0 Å². The molecule has 0 unspecified atom stereocenters. The fraction of sp³-hybridized carbons (Fsp3) is 0. The minimum absolute atomic E-state index is 0.605. The molecule has 0 aliphatic heterocycles. The van der Waals surface area contributed by atoms with Gasteiger partial charge < -0.3 is 0 Å². The summed E-state index contributed by atoms with van der Waals surface area (Å²) in [7, 11) is 0. The molecule has 0 saturated heterocycles. The molecule has 10 heteroatoms. The Morgan fingerprint density at radius 2 is 0.545 bits per heavy atom. The number of benzene rings is 2. The quantitative estimate of drug-likeness (QED) is 0.133. The van der Waals surface area contributed by atoms with E-state index in [1.165, 1.54) is 90.4 Å². The maximum absolute atomic E-state index is 14.2. The Hall–Kier alpha value is 0.940. The van der Waals surface area contributed by atoms with E-state index in [9.17, 15) is 26.3 Å². The molecule has 0 amide bonds. The maximum atomic E-state index is 14.2. The molecule has 0 spiro atoms. The van der Waals surface area contributed by atoms with Gasteiger partial charge in [0.1, 0.15) is 0 Å². The molecule has 2 aromatic carbocycles. The third-order valence-electron chi connectivity index (χ3n) is 2.67. The van der Waals surface area contributed by atoms with Crippen molar-refractivity contribution in [3.63, 3.8) is 0 Å². The van der Waals surface area contributed by atoms with Crippen LogP contribution in [-0.4, -0.2) is 0 Å². The van der Waals surface area contributed by atoms with Crippen LogP contribution in [-0.2, 0) is 0 Å². The molecule has 2 aromatic rings. The first kappa shape index (κ1) is 19.3. The normalized spacial score (nSPS) is 11.2. The van der Waals surface area contributed by atoms with Gasteiger partial charge in [-0.25, -0.2) is 26.3 Å². The molecule has 2 rings (SSSR count). The lowest BCUT2D eigenvalue weighted by atomic mass is 10.0. The van der Waals surface area contributed by atoms with E-state index in [4.69, 9.17) is 0 Å². The van der Waals surface area contributed by atoms with E-state index >= 15 is 0 Å². The summed E-state index contributed by atoms with van der Waals surface area (Å²) in [4.78, 5) is 0. The first-order valence-electron chi connectivity index (χ1n) is 5.14. The second-order valence-electron chi connectivity index (χ2n) is 3.89. The van der Waals surface area contributed by atoms with Gasteiger partial charge in [-0.15, -0.1) is 0 Å². The molecule has 22 heavy (non-hydrogen) atoms. The third kappa shape index (κ3) is 2.97. The average molecular weight is 766 g/mol. The van der Waals surface area contributed by atoms with Crippen molar-refractivity contribution in [1.29, 1.82) is 0 Å². The topological polar surface area (TPSA) is 0 Å². The fourth-order valence-corrected chi connectivity index (χ4v) is 4.84. The predicted molar refractivity (Wildman–Crippen MR) is 102 cm³/mol. The zero-order valence-corrected chi connectivity index (χ0v) is 18.4. The van der Waals surface area contributed by atoms with E-state index in [1.807, 2.05) is 0 Å². The van der Waals surface area contributed by atoms with Crippen LogP contribution >= 0.6 is 90.4 Å². The minimum atomic E-state index is -1.44. The van der Waals surface area contributed by atoms with E-state index in [2.05, 4.69) is 0 Å². The van der Waals surface area contributed by atoms with Crippen LogP contribution in [0.25, 0.3) is 11.1 Å². The van der Waals surface area contributed by atoms with Crippen LogP contribution in [0.4, 0.5) is 26.3 Å². The highest BCUT2D eigenvalue weighted by Crippen LogP contribution is 2.40. The molecule has 0 fully saturated rings. The van der Waals surface area contributed by atoms with E-state index in [-0.39, 0.29) is 0 Å². The Morgan fingerprint density at radius 1 is 0.364 bits per heavy atom. The Kier molecular flexibility index (Phi) is 6.17. The first-order valence-corrected chi connectivity index (χ1v) is 9.45. The van der Waals surface area contributed by atoms with Gasteiger partial charge in [0.25, 0.3) is 0 Å². The Labute approximate surface area is 175 Å². The largest absolute Gasteiger partial charge is 0.205 e. The summed E-state index contributed by atoms with van der Waals surface area (Å²) >= 11 is 5.07. The van der Waals surface area contributed by atoms with Gasteiger partial charge in [0, 0.05) is 0 Å². The molecule has 0 nitrogen and oxygen atoms in total. The van der Waals surface area contributed by atoms with Crippen molar-refractivity contribution in [2.75, 3.05) is 0 Å². The second kappa shape index (κ2) is 7.05. The van der Waals surface area contributed by atoms with Gasteiger partial charge in [0.05, 0.1) is 25.4 Å². The number of hydrogen-bond donors (Lipinski definition) is 0. The molecule has 0 aliphatic carbocycles. The zero-order valence-electron chi connectivity index (χ0n) is 9.78. The highest BCUT2D eigenvalue weighted by atomic mass is 127. The van der Waals surface area contributed by atoms with Crippen LogP contribution in [0.15, 0.2) is 0 Å². The van der Waals surface area contributed by atoms with Crippen LogP contribution in [0.3, 0.4) is 0 Å². The van der Waals surface area contributed by atoms with E-state index in [1.54, 1.807) is 0 Å². The van der Waals surface area contributed by atoms with E-state index < -0.39 is 60.3 Å². The fourth-order valence-electron chi connectivity index (χ4n) is 1.65. The third-order valence-corrected chi connectivity index (χ3v) is 6.46. The van der Waals surface area contributed by atoms with Crippen LogP contribution < -0.4 is 0 Å². The maximum Gasteiger partial charge on any atom is 0.155 e. The van der Waals surface area contributed by atoms with Crippen LogP contribution in [0.2, 0.25) is 0 Å². The van der Waals surface area contributed by atoms with Crippen molar-refractivity contribution < 1.29 is 26.3 Å². The summed E-state index contributed by atoms with van der Waals surface area (Å²) in [6.07, 6.45) is 0. The van der Waals surface area contributed by atoms with Gasteiger partial charge in [0.15, 0.2) is 34.9 Å². The number of halogens is 10. The van der Waals surface area contributed by atoms with Gasteiger partial charge in [-0.3, -0.25) is 0 Å². The van der Waals surface area contributed by atoms with Crippen molar-refractivity contribution in [1.82, 2.24) is 0 Å². The van der Waals surface area contributed by atoms with Gasteiger partial charge in [0.2, 0.25) is 0 Å². The lowest BCUT2D eigenvalue weighted by Crippen LogP contribution is -2.08. The summed E-state index contributed by atoms with van der Waals surface area (Å²) in [5, 5.41) is 0. The summed E-state index contributed by atoms with van der Waals surface area (Å²) in [6, 6.07) is 0. The zero-order chi connectivity index (χ0) is 16.9. The summed E-state index contributed by atoms with van der Waals surface area (Å²) in [6.45, 7) is 0. The molecular weight excluding hydrogens is 766 g/mol. The van der Waals surface area contributed by atoms with Crippen molar-refractivity contribution in [3.8, 4) is 11.1 Å². The minimum Gasteiger partial charge on any atom is -0.205 e. The monoisotopic (exact) mass is 766 g/mol. The van der Waals surface area contributed by atoms with Crippen molar-refractivity contribution in [2.45, 2.75) is 0 Å². The Bertz CT molecular complexity index is 680. The summed E-state index contributed by atoms with van der Waals surface area (Å²) < 4.78 is 81.6. The lowest BCUT2D eigenvalue weighted by Gasteiger charge is -2.14. The molecule has 0 aromatic heterocycles. The van der Waals surface area contributed by atoms with Crippen molar-refractivity contribution in [2.24, 2.45) is 0 Å². The summed E-state index contributed by atoms with van der Waals surface area (Å²) in [5.74, 6) is -8.07. The van der Waals surface area contributed by atoms with Gasteiger partial charge in [-0.1, -0.05) is 0 Å². The van der Waals surface area contributed by atoms with Gasteiger partial charge in [-0.05, 0) is 90.4 Å². The van der Waals surface area contributed by atoms with Crippen molar-refractivity contribution in [3.05, 3.63) is 49.2 Å². The Morgan fingerprint density at radius 3 is 0.727 bits per heavy atom. The summed E-state index contributed by atoms with van der Waals surface area (Å²) in [5.41, 5.74) is -2.11. The number of rotatable bonds is 1. The van der Waals surface area contributed by atoms with E-state index in [0.29, 0.717) is 0 Å². The highest BCUT2D eigenvalue weighted by molar-refractivity contribution is 14.1. The molecular formula is C12F6I4. The number of hydrogen-bond acceptors (Lipinski definition) is 0. The molecule has 0 aliphatic rings. The van der Waals surface area contributed by atoms with Crippen LogP contribution in [0, 0.1) is 49.2 Å². The van der Waals surface area contributed by atoms with Crippen LogP contribution in [0.5, 0.6) is 0 Å². The second-order valence-corrected chi connectivity index (χ2v) is 8.20. The molecule has 0 heterocycles. The predicted octanol–water partition coefficient (Wildman–Crippen LogP) is 6.61. The lowest BCUT2D eigenvalue weighted by molar-refractivity contribution is 0.510. The van der Waals surface area contributed by atoms with E-state index in [0.717, 1.165) is 0 Å². The highest BCUT2D eigenvalue weighted by Gasteiger charge is 2.31. The Balaban J connectivity index is 3.03. The average Bonchev–Trinajstić information content (AvgIpc) is 2.50. The molecule has 0 bridgehead atoms. The molecule has 0 atom stereocenters. The molecule has 118 valence electrons. The van der Waals surface area contributed by atoms with Gasteiger partial charge >= 0.3 is 0 Å². The molecule has 0 radical (unpaired) electrons. The smallest absolute Gasteiger partial charge is 0.155 e. The first-order chi connectivity index (χ1) is 10.1. The van der Waals surface area contributed by atoms with Gasteiger partial charge in [-0.2, -0.15) is 0 Å². The SMILES string of the molecule is Fc1c(I)c(F)c(-c2c(F)c(I)c(F)c(I)c2F)c(F)c1I. The standard InChI is InChI=1S/C12F6I4/c13-3-1(4(14)10(20)7(17)9(3)19)2-5(15)11(21)8(18)12(22)6(2)16. The molecule has 0 saturated carbocycles.